The molecule has 158 valence electrons. The topological polar surface area (TPSA) is 118 Å². The van der Waals surface area contributed by atoms with E-state index in [0.717, 1.165) is 42.8 Å². The largest absolute Gasteiger partial charge is 0.356 e. The molecule has 2 aliphatic rings. The van der Waals surface area contributed by atoms with Gasteiger partial charge in [0, 0.05) is 32.0 Å². The molecular weight excluding hydrogens is 394 g/mol. The summed E-state index contributed by atoms with van der Waals surface area (Å²) in [5.74, 6) is 1.37. The highest BCUT2D eigenvalue weighted by molar-refractivity contribution is 7.91. The first-order valence-electron chi connectivity index (χ1n) is 10.3. The number of rotatable bonds is 5. The number of carbonyl (C=O) groups excluding carboxylic acids is 1. The van der Waals surface area contributed by atoms with Gasteiger partial charge in [-0.05, 0) is 26.2 Å². The minimum atomic E-state index is -3.02. The van der Waals surface area contributed by atoms with Crippen molar-refractivity contribution in [2.75, 3.05) is 29.5 Å². The molecule has 4 rings (SSSR count). The van der Waals surface area contributed by atoms with E-state index in [1.54, 1.807) is 0 Å². The Morgan fingerprint density at radius 2 is 1.97 bits per heavy atom. The van der Waals surface area contributed by atoms with E-state index < -0.39 is 9.84 Å². The number of amides is 1. The number of aryl methyl sites for hydroxylation is 2. The van der Waals surface area contributed by atoms with Crippen molar-refractivity contribution in [2.45, 2.75) is 57.9 Å². The third-order valence-electron chi connectivity index (χ3n) is 5.61. The van der Waals surface area contributed by atoms with Gasteiger partial charge in [0.2, 0.25) is 5.91 Å². The van der Waals surface area contributed by atoms with Crippen LogP contribution in [0.1, 0.15) is 50.0 Å². The Bertz CT molecular complexity index is 995. The number of hydrogen-bond donors (Lipinski definition) is 1. The van der Waals surface area contributed by atoms with Crippen molar-refractivity contribution in [1.82, 2.24) is 20.4 Å². The highest BCUT2D eigenvalue weighted by Crippen LogP contribution is 2.29. The lowest BCUT2D eigenvalue weighted by molar-refractivity contribution is -0.121. The summed E-state index contributed by atoms with van der Waals surface area (Å²) in [6, 6.07) is -0.291. The first-order chi connectivity index (χ1) is 13.9. The van der Waals surface area contributed by atoms with E-state index in [0.29, 0.717) is 24.4 Å². The molecule has 1 N–H and O–H groups in total. The molecule has 2 saturated heterocycles. The van der Waals surface area contributed by atoms with Crippen LogP contribution < -0.4 is 10.2 Å². The summed E-state index contributed by atoms with van der Waals surface area (Å²) in [7, 11) is -3.02. The van der Waals surface area contributed by atoms with Crippen molar-refractivity contribution >= 4 is 32.7 Å². The molecule has 29 heavy (non-hydrogen) atoms. The second kappa shape index (κ2) is 8.25. The normalized spacial score (nSPS) is 22.0. The standard InChI is InChI=1S/C19H27N5O4S/c1-13-17-18(24-9-4-2-3-5-10-24)21-15(22-19(17)28-23-13)6-7-16(25)20-14-8-11-29(26,27)12-14/h14H,2-12H2,1H3,(H,20,25)/t14-/m0/s1. The van der Waals surface area contributed by atoms with Gasteiger partial charge in [0.15, 0.2) is 9.84 Å². The highest BCUT2D eigenvalue weighted by Gasteiger charge is 2.29. The highest BCUT2D eigenvalue weighted by atomic mass is 32.2. The van der Waals surface area contributed by atoms with E-state index in [1.807, 2.05) is 6.92 Å². The number of nitrogens with zero attached hydrogens (tertiary/aromatic N) is 4. The van der Waals surface area contributed by atoms with E-state index >= 15 is 0 Å². The van der Waals surface area contributed by atoms with Gasteiger partial charge in [-0.15, -0.1) is 0 Å². The van der Waals surface area contributed by atoms with Gasteiger partial charge in [0.1, 0.15) is 17.0 Å². The van der Waals surface area contributed by atoms with Crippen LogP contribution in [0.4, 0.5) is 5.82 Å². The van der Waals surface area contributed by atoms with Gasteiger partial charge in [-0.2, -0.15) is 4.98 Å². The van der Waals surface area contributed by atoms with Crippen LogP contribution in [-0.4, -0.2) is 60.1 Å². The molecule has 0 saturated carbocycles. The third kappa shape index (κ3) is 4.68. The van der Waals surface area contributed by atoms with Crippen LogP contribution in [0.25, 0.3) is 11.1 Å². The van der Waals surface area contributed by atoms with E-state index in [2.05, 4.69) is 20.4 Å². The van der Waals surface area contributed by atoms with Gasteiger partial charge in [0.05, 0.1) is 17.2 Å². The summed E-state index contributed by atoms with van der Waals surface area (Å²) in [4.78, 5) is 23.8. The molecule has 1 amide bonds. The van der Waals surface area contributed by atoms with Crippen LogP contribution in [0.15, 0.2) is 4.52 Å². The fraction of sp³-hybridized carbons (Fsp3) is 0.684. The van der Waals surface area contributed by atoms with Crippen LogP contribution in [0.2, 0.25) is 0 Å². The van der Waals surface area contributed by atoms with Gasteiger partial charge in [-0.1, -0.05) is 18.0 Å². The summed E-state index contributed by atoms with van der Waals surface area (Å²) in [5, 5.41) is 7.71. The molecule has 2 aromatic heterocycles. The zero-order valence-corrected chi connectivity index (χ0v) is 17.5. The Hall–Kier alpha value is -2.23. The average Bonchev–Trinajstić information content (AvgIpc) is 3.09. The summed E-state index contributed by atoms with van der Waals surface area (Å²) in [6.45, 7) is 3.76. The second-order valence-electron chi connectivity index (χ2n) is 7.98. The van der Waals surface area contributed by atoms with Crippen LogP contribution >= 0.6 is 0 Å². The Kier molecular flexibility index (Phi) is 5.71. The monoisotopic (exact) mass is 421 g/mol. The first-order valence-corrected chi connectivity index (χ1v) is 12.1. The molecule has 1 atom stereocenters. The number of carbonyl (C=O) groups is 1. The summed E-state index contributed by atoms with van der Waals surface area (Å²) in [6.07, 6.45) is 5.73. The SMILES string of the molecule is Cc1noc2nc(CCC(=O)N[C@H]3CCS(=O)(=O)C3)nc(N3CCCCCC3)c12. The minimum Gasteiger partial charge on any atom is -0.356 e. The van der Waals surface area contributed by atoms with Crippen LogP contribution in [0, 0.1) is 6.92 Å². The summed E-state index contributed by atoms with van der Waals surface area (Å²) < 4.78 is 28.5. The number of fused-ring (bicyclic) bond motifs is 1. The summed E-state index contributed by atoms with van der Waals surface area (Å²) >= 11 is 0. The molecule has 9 nitrogen and oxygen atoms in total. The Balaban J connectivity index is 1.48. The predicted octanol–water partition coefficient (Wildman–Crippen LogP) is 1.54. The van der Waals surface area contributed by atoms with Crippen molar-refractivity contribution in [2.24, 2.45) is 0 Å². The Morgan fingerprint density at radius 1 is 1.21 bits per heavy atom. The number of nitrogens with one attached hydrogen (secondary N) is 1. The van der Waals surface area contributed by atoms with Gasteiger partial charge in [0.25, 0.3) is 5.71 Å². The smallest absolute Gasteiger partial charge is 0.263 e. The molecule has 0 bridgehead atoms. The second-order valence-corrected chi connectivity index (χ2v) is 10.2. The van der Waals surface area contributed by atoms with Crippen molar-refractivity contribution in [1.29, 1.82) is 0 Å². The zero-order valence-electron chi connectivity index (χ0n) is 16.7. The van der Waals surface area contributed by atoms with Crippen molar-refractivity contribution in [3.8, 4) is 0 Å². The molecule has 2 aliphatic heterocycles. The van der Waals surface area contributed by atoms with Crippen LogP contribution in [0.3, 0.4) is 0 Å². The zero-order chi connectivity index (χ0) is 20.4. The number of sulfone groups is 1. The lowest BCUT2D eigenvalue weighted by Crippen LogP contribution is -2.35. The lowest BCUT2D eigenvalue weighted by atomic mass is 10.2. The van der Waals surface area contributed by atoms with E-state index in [9.17, 15) is 13.2 Å². The van der Waals surface area contributed by atoms with Gasteiger partial charge in [-0.3, -0.25) is 4.79 Å². The molecule has 0 unspecified atom stereocenters. The van der Waals surface area contributed by atoms with Gasteiger partial charge >= 0.3 is 0 Å². The van der Waals surface area contributed by atoms with Crippen molar-refractivity contribution in [3.05, 3.63) is 11.5 Å². The quantitative estimate of drug-likeness (QED) is 0.772. The fourth-order valence-electron chi connectivity index (χ4n) is 4.07. The maximum Gasteiger partial charge on any atom is 0.263 e. The van der Waals surface area contributed by atoms with Crippen molar-refractivity contribution < 1.29 is 17.7 Å². The van der Waals surface area contributed by atoms with Crippen LogP contribution in [-0.2, 0) is 21.1 Å². The molecule has 0 aliphatic carbocycles. The summed E-state index contributed by atoms with van der Waals surface area (Å²) in [5.41, 5.74) is 1.22. The minimum absolute atomic E-state index is 0.0254. The third-order valence-corrected chi connectivity index (χ3v) is 7.38. The number of aromatic nitrogens is 3. The molecule has 0 spiro atoms. The molecule has 10 heteroatoms. The lowest BCUT2D eigenvalue weighted by Gasteiger charge is -2.22. The predicted molar refractivity (Wildman–Crippen MR) is 109 cm³/mol. The Labute approximate surface area is 170 Å². The maximum absolute atomic E-state index is 12.3. The molecule has 0 aromatic carbocycles. The molecule has 4 heterocycles. The molecule has 2 aromatic rings. The molecule has 0 radical (unpaired) electrons. The van der Waals surface area contributed by atoms with E-state index in [-0.39, 0.29) is 29.9 Å². The van der Waals surface area contributed by atoms with Gasteiger partial charge < -0.3 is 14.7 Å². The van der Waals surface area contributed by atoms with Crippen molar-refractivity contribution in [3.63, 3.8) is 0 Å². The molecular formula is C19H27N5O4S. The van der Waals surface area contributed by atoms with Gasteiger partial charge in [-0.25, -0.2) is 13.4 Å². The molecule has 2 fully saturated rings. The first kappa shape index (κ1) is 20.1. The van der Waals surface area contributed by atoms with E-state index in [1.165, 1.54) is 12.8 Å². The Morgan fingerprint density at radius 3 is 2.66 bits per heavy atom. The van der Waals surface area contributed by atoms with E-state index in [4.69, 9.17) is 9.51 Å². The fourth-order valence-corrected chi connectivity index (χ4v) is 5.74. The van der Waals surface area contributed by atoms with Crippen LogP contribution in [0.5, 0.6) is 0 Å². The maximum atomic E-state index is 12.3. The average molecular weight is 422 g/mol. The number of anilines is 1. The number of hydrogen-bond acceptors (Lipinski definition) is 8.